The number of primary amides is 1. The molecule has 0 bridgehead atoms. The summed E-state index contributed by atoms with van der Waals surface area (Å²) in [5.74, 6) is -14.6. The number of hydrogen-bond donors (Lipinski definition) is 8. The summed E-state index contributed by atoms with van der Waals surface area (Å²) in [4.78, 5) is 40.4. The van der Waals surface area contributed by atoms with Gasteiger partial charge in [-0.05, 0) is 35.8 Å². The Morgan fingerprint density at radius 2 is 1.75 bits per heavy atom. The molecule has 0 aliphatic heterocycles. The number of alkyl halides is 2. The maximum absolute atomic E-state index is 15.3. The number of aliphatic hydroxyl groups excluding tert-OH is 3. The summed E-state index contributed by atoms with van der Waals surface area (Å²) in [6.45, 7) is 7.66. The average molecular weight is 642 g/mol. The molecule has 44 heavy (non-hydrogen) atoms. The lowest BCUT2D eigenvalue weighted by atomic mass is 9.36. The molecule has 1 aromatic rings. The number of Topliss-reactive ketones (excluding diaryl/α,β-unsaturated/α-hetero) is 2. The lowest BCUT2D eigenvalue weighted by Crippen LogP contribution is -2.83. The van der Waals surface area contributed by atoms with Crippen molar-refractivity contribution in [2.45, 2.75) is 83.2 Å². The van der Waals surface area contributed by atoms with E-state index >= 15 is 8.78 Å². The first-order valence-electron chi connectivity index (χ1n) is 14.5. The van der Waals surface area contributed by atoms with E-state index in [0.717, 1.165) is 17.8 Å². The van der Waals surface area contributed by atoms with E-state index in [-0.39, 0.29) is 22.9 Å². The van der Waals surface area contributed by atoms with Crippen molar-refractivity contribution in [2.75, 3.05) is 5.75 Å². The number of carbonyl (C=O) groups is 3. The normalized spacial score (nSPS) is 38.6. The van der Waals surface area contributed by atoms with Gasteiger partial charge in [0.2, 0.25) is 5.91 Å². The summed E-state index contributed by atoms with van der Waals surface area (Å²) in [5, 5.41) is 65.7. The molecule has 1 amide bonds. The van der Waals surface area contributed by atoms with E-state index in [1.807, 2.05) is 0 Å². The van der Waals surface area contributed by atoms with Gasteiger partial charge in [-0.3, -0.25) is 19.8 Å². The standard InChI is InChI=1S/C30H41F2N3O8S/c1-11(2)17-21(38)16(24(33)41)22(39)30(43)23(40)18-20(37)15-13(12(3)27(18,4)25(42)28(17,30)5)7-8-14(19(15)36)29(31,32)9-6-10-44-26(34)35/h7-8,11-12,16-18,21,23,25,36,38,40,42-43H,6,9-10H2,1-5H3,(H2,33,41)(H3,34,35)/t12-,16?,17+,18?,21?,23?,25-,27+,28+,30+/m1/s1. The third kappa shape index (κ3) is 4.35. The van der Waals surface area contributed by atoms with Crippen LogP contribution in [0.25, 0.3) is 0 Å². The molecule has 2 fully saturated rings. The van der Waals surface area contributed by atoms with Crippen molar-refractivity contribution in [1.29, 1.82) is 5.41 Å². The Morgan fingerprint density at radius 3 is 2.27 bits per heavy atom. The molecule has 3 aliphatic carbocycles. The number of aromatic hydroxyl groups is 1. The number of nitrogens with one attached hydrogen (secondary N) is 1. The van der Waals surface area contributed by atoms with E-state index in [4.69, 9.17) is 16.9 Å². The molecule has 0 radical (unpaired) electrons. The molecule has 4 rings (SSSR count). The van der Waals surface area contributed by atoms with E-state index in [9.17, 15) is 39.9 Å². The molecule has 0 aromatic heterocycles. The molecule has 3 aliphatic rings. The number of hydrogen-bond acceptors (Lipinski definition) is 10. The Morgan fingerprint density at radius 1 is 1.16 bits per heavy atom. The fraction of sp³-hybridized carbons (Fsp3) is 0.667. The average Bonchev–Trinajstić information content (AvgIpc) is 2.91. The summed E-state index contributed by atoms with van der Waals surface area (Å²) in [6.07, 6.45) is -6.56. The van der Waals surface area contributed by atoms with Crippen LogP contribution in [0.15, 0.2) is 12.1 Å². The number of aliphatic hydroxyl groups is 4. The van der Waals surface area contributed by atoms with Gasteiger partial charge in [-0.2, -0.15) is 0 Å². The van der Waals surface area contributed by atoms with Gasteiger partial charge in [-0.1, -0.05) is 52.4 Å². The molecular weight excluding hydrogens is 600 g/mol. The number of thioether (sulfide) groups is 1. The second-order valence-corrected chi connectivity index (χ2v) is 14.4. The molecular formula is C30H41F2N3O8S. The first-order valence-corrected chi connectivity index (χ1v) is 15.5. The number of ketones is 2. The highest BCUT2D eigenvalue weighted by molar-refractivity contribution is 8.13. The van der Waals surface area contributed by atoms with Crippen LogP contribution in [0.5, 0.6) is 5.75 Å². The van der Waals surface area contributed by atoms with Crippen molar-refractivity contribution in [3.8, 4) is 5.75 Å². The number of phenols is 1. The van der Waals surface area contributed by atoms with E-state index in [1.54, 1.807) is 20.8 Å². The van der Waals surface area contributed by atoms with Crippen LogP contribution in [0.1, 0.15) is 74.9 Å². The molecule has 244 valence electrons. The lowest BCUT2D eigenvalue weighted by Gasteiger charge is -2.69. The van der Waals surface area contributed by atoms with Crippen LogP contribution < -0.4 is 11.5 Å². The zero-order chi connectivity index (χ0) is 33.5. The summed E-state index contributed by atoms with van der Waals surface area (Å²) >= 11 is 0.883. The zero-order valence-corrected chi connectivity index (χ0v) is 26.0. The predicted molar refractivity (Wildman–Crippen MR) is 157 cm³/mol. The molecule has 10 atom stereocenters. The molecule has 2 saturated carbocycles. The number of amidine groups is 1. The summed E-state index contributed by atoms with van der Waals surface area (Å²) in [5.41, 5.74) is 2.85. The van der Waals surface area contributed by atoms with Crippen LogP contribution in [0.4, 0.5) is 8.78 Å². The fourth-order valence-electron chi connectivity index (χ4n) is 8.67. The number of phenolic OH excluding ortho intramolecular Hbond substituents is 1. The third-order valence-corrected chi connectivity index (χ3v) is 11.7. The predicted octanol–water partition coefficient (Wildman–Crippen LogP) is 1.60. The topological polar surface area (TPSA) is 228 Å². The Bertz CT molecular complexity index is 1410. The maximum atomic E-state index is 15.3. The second-order valence-electron chi connectivity index (χ2n) is 13.3. The smallest absolute Gasteiger partial charge is 0.276 e. The van der Waals surface area contributed by atoms with E-state index in [1.165, 1.54) is 19.9 Å². The van der Waals surface area contributed by atoms with Crippen LogP contribution in [0.2, 0.25) is 0 Å². The highest BCUT2D eigenvalue weighted by atomic mass is 32.2. The SMILES string of the molecule is CC(C)[C@H]1C(O)C(C(N)=O)C(=O)[C@]2(O)C(O)C3C(=O)c4c(ccc(C(F)(F)CCCSC(=N)N)c4O)[C@@H](C)[C@]3(C)[C@@H](O)[C@]12C. The van der Waals surface area contributed by atoms with Crippen molar-refractivity contribution in [1.82, 2.24) is 0 Å². The number of nitrogens with two attached hydrogens (primary N) is 2. The van der Waals surface area contributed by atoms with Gasteiger partial charge in [-0.25, -0.2) is 8.78 Å². The largest absolute Gasteiger partial charge is 0.507 e. The van der Waals surface area contributed by atoms with Crippen LogP contribution in [0.3, 0.4) is 0 Å². The van der Waals surface area contributed by atoms with Crippen molar-refractivity contribution in [2.24, 2.45) is 46.0 Å². The maximum Gasteiger partial charge on any atom is 0.276 e. The zero-order valence-electron chi connectivity index (χ0n) is 25.2. The number of carbonyl (C=O) groups excluding carboxylic acids is 3. The van der Waals surface area contributed by atoms with E-state index < -0.39 is 111 Å². The molecule has 4 unspecified atom stereocenters. The first-order chi connectivity index (χ1) is 20.1. The lowest BCUT2D eigenvalue weighted by molar-refractivity contribution is -0.306. The Labute approximate surface area is 257 Å². The molecule has 0 spiro atoms. The second kappa shape index (κ2) is 11.0. The Balaban J connectivity index is 1.90. The number of fused-ring (bicyclic) bond motifs is 3. The van der Waals surface area contributed by atoms with Gasteiger partial charge in [0.1, 0.15) is 17.8 Å². The van der Waals surface area contributed by atoms with Gasteiger partial charge in [0.05, 0.1) is 29.3 Å². The van der Waals surface area contributed by atoms with Gasteiger partial charge in [0.15, 0.2) is 22.3 Å². The summed E-state index contributed by atoms with van der Waals surface area (Å²) in [7, 11) is 0. The monoisotopic (exact) mass is 641 g/mol. The molecule has 0 saturated heterocycles. The van der Waals surface area contributed by atoms with Crippen LogP contribution in [0, 0.1) is 39.9 Å². The summed E-state index contributed by atoms with van der Waals surface area (Å²) < 4.78 is 30.7. The molecule has 0 heterocycles. The van der Waals surface area contributed by atoms with E-state index in [0.29, 0.717) is 0 Å². The van der Waals surface area contributed by atoms with Gasteiger partial charge < -0.3 is 37.0 Å². The highest BCUT2D eigenvalue weighted by Gasteiger charge is 2.80. The van der Waals surface area contributed by atoms with Gasteiger partial charge >= 0.3 is 0 Å². The van der Waals surface area contributed by atoms with Crippen LogP contribution in [-0.2, 0) is 15.5 Å². The number of rotatable bonds is 7. The third-order valence-electron chi connectivity index (χ3n) is 10.9. The van der Waals surface area contributed by atoms with Gasteiger partial charge in [0.25, 0.3) is 5.92 Å². The minimum Gasteiger partial charge on any atom is -0.507 e. The minimum absolute atomic E-state index is 0.0681. The Kier molecular flexibility index (Phi) is 8.56. The number of benzene rings is 1. The first kappa shape index (κ1) is 34.2. The quantitative estimate of drug-likeness (QED) is 0.0928. The molecule has 1 aromatic carbocycles. The fourth-order valence-corrected chi connectivity index (χ4v) is 9.17. The van der Waals surface area contributed by atoms with Gasteiger partial charge in [0, 0.05) is 23.0 Å². The Hall–Kier alpha value is -2.65. The summed E-state index contributed by atoms with van der Waals surface area (Å²) in [6, 6.07) is 2.27. The molecule has 11 nitrogen and oxygen atoms in total. The van der Waals surface area contributed by atoms with E-state index in [2.05, 4.69) is 0 Å². The van der Waals surface area contributed by atoms with Crippen molar-refractivity contribution in [3.63, 3.8) is 0 Å². The number of amides is 1. The molecule has 10 N–H and O–H groups in total. The van der Waals surface area contributed by atoms with Crippen molar-refractivity contribution in [3.05, 3.63) is 28.8 Å². The van der Waals surface area contributed by atoms with Crippen molar-refractivity contribution >= 4 is 34.4 Å². The highest BCUT2D eigenvalue weighted by Crippen LogP contribution is 2.68. The van der Waals surface area contributed by atoms with Crippen LogP contribution >= 0.6 is 11.8 Å². The van der Waals surface area contributed by atoms with Gasteiger partial charge in [-0.15, -0.1) is 0 Å². The minimum atomic E-state index is -3.60. The number of halogens is 2. The van der Waals surface area contributed by atoms with Crippen molar-refractivity contribution < 1.29 is 48.7 Å². The molecule has 14 heteroatoms. The van der Waals surface area contributed by atoms with Crippen LogP contribution in [-0.4, -0.2) is 77.8 Å².